The first-order valence-corrected chi connectivity index (χ1v) is 11.2. The molecule has 1 aliphatic carbocycles. The average molecular weight is 482 g/mol. The maximum absolute atomic E-state index is 13.8. The third-order valence-corrected chi connectivity index (χ3v) is 6.78. The van der Waals surface area contributed by atoms with Crippen LogP contribution in [0.15, 0.2) is 71.5 Å². The molecule has 0 saturated carbocycles. The zero-order valence-electron chi connectivity index (χ0n) is 17.5. The van der Waals surface area contributed by atoms with Crippen LogP contribution in [0.2, 0.25) is 0 Å². The van der Waals surface area contributed by atoms with Crippen LogP contribution in [0.5, 0.6) is 0 Å². The van der Waals surface area contributed by atoms with E-state index in [2.05, 4.69) is 10.6 Å². The molecule has 172 valence electrons. The van der Waals surface area contributed by atoms with Crippen molar-refractivity contribution in [3.8, 4) is 10.4 Å². The van der Waals surface area contributed by atoms with Crippen LogP contribution in [0.1, 0.15) is 36.7 Å². The minimum atomic E-state index is -4.74. The van der Waals surface area contributed by atoms with Gasteiger partial charge in [-0.15, -0.1) is 11.3 Å². The Hall–Kier alpha value is -3.85. The lowest BCUT2D eigenvalue weighted by Gasteiger charge is -2.15. The summed E-state index contributed by atoms with van der Waals surface area (Å²) in [5.74, 6) is -1.22. The zero-order chi connectivity index (χ0) is 23.9. The molecule has 0 bridgehead atoms. The quantitative estimate of drug-likeness (QED) is 0.343. The lowest BCUT2D eigenvalue weighted by Crippen LogP contribution is -2.17. The van der Waals surface area contributed by atoms with Gasteiger partial charge in [0.1, 0.15) is 6.26 Å². The minimum absolute atomic E-state index is 0.0558. The fraction of sp³-hybridized carbons (Fsp3) is 0.120. The van der Waals surface area contributed by atoms with Crippen LogP contribution < -0.4 is 10.6 Å². The molecule has 2 aromatic carbocycles. The molecule has 0 radical (unpaired) electrons. The molecule has 0 fully saturated rings. The van der Waals surface area contributed by atoms with Crippen LogP contribution in [-0.2, 0) is 19.0 Å². The van der Waals surface area contributed by atoms with E-state index in [9.17, 15) is 22.8 Å². The number of benzene rings is 2. The number of furan rings is 1. The monoisotopic (exact) mass is 482 g/mol. The normalized spacial score (nSPS) is 12.6. The third kappa shape index (κ3) is 4.22. The summed E-state index contributed by atoms with van der Waals surface area (Å²) in [6.45, 7) is 0. The zero-order valence-corrected chi connectivity index (χ0v) is 18.3. The van der Waals surface area contributed by atoms with Crippen molar-refractivity contribution >= 4 is 34.5 Å². The average Bonchev–Trinajstić information content (AvgIpc) is 3.50. The summed E-state index contributed by atoms with van der Waals surface area (Å²) in [6.07, 6.45) is -0.643. The molecule has 5 nitrogen and oxygen atoms in total. The van der Waals surface area contributed by atoms with Crippen molar-refractivity contribution in [1.29, 1.82) is 0 Å². The van der Waals surface area contributed by atoms with Crippen LogP contribution in [-0.4, -0.2) is 11.8 Å². The number of amides is 2. The second-order valence-corrected chi connectivity index (χ2v) is 8.85. The Morgan fingerprint density at radius 1 is 0.912 bits per heavy atom. The highest BCUT2D eigenvalue weighted by atomic mass is 32.1. The van der Waals surface area contributed by atoms with Gasteiger partial charge < -0.3 is 15.1 Å². The first-order valence-electron chi connectivity index (χ1n) is 10.4. The van der Waals surface area contributed by atoms with E-state index in [1.54, 1.807) is 6.07 Å². The number of carbonyl (C=O) groups excluding carboxylic acids is 2. The summed E-state index contributed by atoms with van der Waals surface area (Å²) in [5.41, 5.74) is 1.94. The Kier molecular flexibility index (Phi) is 5.49. The topological polar surface area (TPSA) is 71.3 Å². The first-order chi connectivity index (χ1) is 16.3. The van der Waals surface area contributed by atoms with Crippen molar-refractivity contribution in [3.05, 3.63) is 94.3 Å². The first kappa shape index (κ1) is 22.0. The summed E-state index contributed by atoms with van der Waals surface area (Å²) in [4.78, 5) is 26.4. The van der Waals surface area contributed by atoms with Crippen LogP contribution in [0.4, 0.5) is 24.5 Å². The highest BCUT2D eigenvalue weighted by Crippen LogP contribution is 2.41. The number of aryl methyl sites for hydroxylation is 2. The molecule has 9 heteroatoms. The SMILES string of the molecule is O=C(Nc1ccc(NC(=O)c2cc3c(s2)-c2ccccc2CC3)c(C(F)(F)F)c1)c1ccoc1. The van der Waals surface area contributed by atoms with Crippen LogP contribution in [0.25, 0.3) is 10.4 Å². The van der Waals surface area contributed by atoms with Gasteiger partial charge in [-0.05, 0) is 59.9 Å². The molecular weight excluding hydrogens is 465 g/mol. The fourth-order valence-electron chi connectivity index (χ4n) is 3.93. The largest absolute Gasteiger partial charge is 0.472 e. The van der Waals surface area contributed by atoms with E-state index in [-0.39, 0.29) is 16.9 Å². The lowest BCUT2D eigenvalue weighted by atomic mass is 9.91. The van der Waals surface area contributed by atoms with Gasteiger partial charge in [-0.3, -0.25) is 9.59 Å². The van der Waals surface area contributed by atoms with Crippen molar-refractivity contribution in [2.24, 2.45) is 0 Å². The molecule has 0 atom stereocenters. The number of fused-ring (bicyclic) bond motifs is 3. The van der Waals surface area contributed by atoms with Crippen molar-refractivity contribution in [3.63, 3.8) is 0 Å². The summed E-state index contributed by atoms with van der Waals surface area (Å²) < 4.78 is 46.1. The van der Waals surface area contributed by atoms with E-state index in [1.807, 2.05) is 24.3 Å². The Morgan fingerprint density at radius 3 is 2.47 bits per heavy atom. The molecule has 0 unspecified atom stereocenters. The second kappa shape index (κ2) is 8.49. The highest BCUT2D eigenvalue weighted by Gasteiger charge is 2.35. The molecule has 0 aliphatic heterocycles. The van der Waals surface area contributed by atoms with E-state index in [4.69, 9.17) is 4.42 Å². The molecule has 34 heavy (non-hydrogen) atoms. The van der Waals surface area contributed by atoms with Gasteiger partial charge in [0.15, 0.2) is 0 Å². The van der Waals surface area contributed by atoms with Gasteiger partial charge >= 0.3 is 6.18 Å². The van der Waals surface area contributed by atoms with Crippen molar-refractivity contribution < 1.29 is 27.2 Å². The molecule has 4 aromatic rings. The molecule has 2 N–H and O–H groups in total. The number of alkyl halides is 3. The molecule has 2 heterocycles. The number of anilines is 2. The van der Waals surface area contributed by atoms with Gasteiger partial charge in [-0.2, -0.15) is 13.2 Å². The number of thiophene rings is 1. The van der Waals surface area contributed by atoms with Crippen LogP contribution in [0, 0.1) is 0 Å². The van der Waals surface area contributed by atoms with E-state index in [0.717, 1.165) is 41.0 Å². The summed E-state index contributed by atoms with van der Waals surface area (Å²) >= 11 is 1.27. The van der Waals surface area contributed by atoms with Gasteiger partial charge in [0.25, 0.3) is 11.8 Å². The number of carbonyl (C=O) groups is 2. The summed E-state index contributed by atoms with van der Waals surface area (Å²) in [7, 11) is 0. The molecule has 0 saturated heterocycles. The Bertz CT molecular complexity index is 1390. The second-order valence-electron chi connectivity index (χ2n) is 7.80. The van der Waals surface area contributed by atoms with Crippen molar-refractivity contribution in [1.82, 2.24) is 0 Å². The minimum Gasteiger partial charge on any atom is -0.472 e. The summed E-state index contributed by atoms with van der Waals surface area (Å²) in [6, 6.07) is 14.3. The summed E-state index contributed by atoms with van der Waals surface area (Å²) in [5, 5.41) is 4.80. The van der Waals surface area contributed by atoms with Gasteiger partial charge in [-0.25, -0.2) is 0 Å². The number of rotatable bonds is 4. The van der Waals surface area contributed by atoms with Crippen molar-refractivity contribution in [2.45, 2.75) is 19.0 Å². The van der Waals surface area contributed by atoms with Crippen LogP contribution in [0.3, 0.4) is 0 Å². The maximum Gasteiger partial charge on any atom is 0.418 e. The third-order valence-electron chi connectivity index (χ3n) is 5.57. The Balaban J connectivity index is 1.40. The molecule has 5 rings (SSSR count). The molecule has 1 aliphatic rings. The number of hydrogen-bond donors (Lipinski definition) is 2. The van der Waals surface area contributed by atoms with E-state index < -0.39 is 23.6 Å². The number of halogens is 3. The molecule has 2 aromatic heterocycles. The predicted octanol–water partition coefficient (Wildman–Crippen LogP) is 6.63. The Morgan fingerprint density at radius 2 is 1.71 bits per heavy atom. The van der Waals surface area contributed by atoms with E-state index >= 15 is 0 Å². The van der Waals surface area contributed by atoms with Gasteiger partial charge in [0.05, 0.1) is 28.0 Å². The standard InChI is InChI=1S/C25H17F3N2O3S/c26-25(27,28)19-12-17(29-23(31)16-9-10-33-13-16)7-8-20(19)30-24(32)21-11-15-6-5-14-3-1-2-4-18(14)22(15)34-21/h1-4,7-13H,5-6H2,(H,29,31)(H,30,32). The van der Waals surface area contributed by atoms with Crippen LogP contribution >= 0.6 is 11.3 Å². The van der Waals surface area contributed by atoms with Crippen molar-refractivity contribution in [2.75, 3.05) is 10.6 Å². The van der Waals surface area contributed by atoms with Gasteiger partial charge in [0, 0.05) is 10.6 Å². The van der Waals surface area contributed by atoms with Gasteiger partial charge in [-0.1, -0.05) is 24.3 Å². The fourth-order valence-corrected chi connectivity index (χ4v) is 5.10. The molecule has 2 amide bonds. The Labute approximate surface area is 196 Å². The number of nitrogens with one attached hydrogen (secondary N) is 2. The van der Waals surface area contributed by atoms with E-state index in [0.29, 0.717) is 4.88 Å². The van der Waals surface area contributed by atoms with Gasteiger partial charge in [0.2, 0.25) is 0 Å². The van der Waals surface area contributed by atoms with E-state index in [1.165, 1.54) is 41.6 Å². The molecular formula is C25H17F3N2O3S. The molecule has 0 spiro atoms. The number of hydrogen-bond acceptors (Lipinski definition) is 4. The predicted molar refractivity (Wildman–Crippen MR) is 123 cm³/mol. The maximum atomic E-state index is 13.8. The highest BCUT2D eigenvalue weighted by molar-refractivity contribution is 7.17. The smallest absolute Gasteiger partial charge is 0.418 e. The lowest BCUT2D eigenvalue weighted by molar-refractivity contribution is -0.136.